The fourth-order valence-corrected chi connectivity index (χ4v) is 2.86. The van der Waals surface area contributed by atoms with Gasteiger partial charge in [-0.1, -0.05) is 35.9 Å². The molecule has 0 unspecified atom stereocenters. The molecular formula is C22H22N2O. The van der Waals surface area contributed by atoms with Crippen molar-refractivity contribution in [3.8, 4) is 0 Å². The number of nitrogens with one attached hydrogen (secondary N) is 1. The quantitative estimate of drug-likeness (QED) is 0.750. The number of carbonyl (C=O) groups is 1. The molecule has 2 aromatic carbocycles. The summed E-state index contributed by atoms with van der Waals surface area (Å²) in [5.74, 6) is 0.00818. The van der Waals surface area contributed by atoms with Crippen molar-refractivity contribution >= 4 is 11.6 Å². The molecule has 0 aliphatic rings. The SMILES string of the molecule is Cc1ccc(CC(=O)Nc2ccc(Cc3ccncc3)cc2)c(C)c1. The van der Waals surface area contributed by atoms with Crippen LogP contribution >= 0.6 is 0 Å². The van der Waals surface area contributed by atoms with Crippen LogP contribution < -0.4 is 5.32 Å². The number of aryl methyl sites for hydroxylation is 2. The summed E-state index contributed by atoms with van der Waals surface area (Å²) < 4.78 is 0. The van der Waals surface area contributed by atoms with Crippen LogP contribution in [0.1, 0.15) is 27.8 Å². The Morgan fingerprint density at radius 1 is 0.920 bits per heavy atom. The van der Waals surface area contributed by atoms with E-state index in [1.54, 1.807) is 12.4 Å². The minimum atomic E-state index is 0.00818. The number of rotatable bonds is 5. The summed E-state index contributed by atoms with van der Waals surface area (Å²) in [6.07, 6.45) is 4.86. The third kappa shape index (κ3) is 4.77. The smallest absolute Gasteiger partial charge is 0.228 e. The first-order valence-electron chi connectivity index (χ1n) is 8.44. The molecule has 0 saturated carbocycles. The second-order valence-corrected chi connectivity index (χ2v) is 6.38. The fraction of sp³-hybridized carbons (Fsp3) is 0.182. The van der Waals surface area contributed by atoms with Gasteiger partial charge in [0.25, 0.3) is 0 Å². The summed E-state index contributed by atoms with van der Waals surface area (Å²) in [4.78, 5) is 16.3. The van der Waals surface area contributed by atoms with Gasteiger partial charge in [0.15, 0.2) is 0 Å². The first kappa shape index (κ1) is 16.9. The van der Waals surface area contributed by atoms with Gasteiger partial charge in [-0.25, -0.2) is 0 Å². The normalized spacial score (nSPS) is 10.5. The molecule has 3 nitrogen and oxygen atoms in total. The summed E-state index contributed by atoms with van der Waals surface area (Å²) in [5, 5.41) is 2.97. The molecule has 0 saturated heterocycles. The van der Waals surface area contributed by atoms with Crippen molar-refractivity contribution in [1.82, 2.24) is 4.98 Å². The molecule has 0 fully saturated rings. The van der Waals surface area contributed by atoms with Gasteiger partial charge in [0.05, 0.1) is 6.42 Å². The van der Waals surface area contributed by atoms with Crippen molar-refractivity contribution in [2.75, 3.05) is 5.32 Å². The lowest BCUT2D eigenvalue weighted by Gasteiger charge is -2.09. The predicted octanol–water partition coefficient (Wildman–Crippen LogP) is 4.47. The van der Waals surface area contributed by atoms with E-state index in [0.717, 1.165) is 23.2 Å². The highest BCUT2D eigenvalue weighted by atomic mass is 16.1. The maximum Gasteiger partial charge on any atom is 0.228 e. The van der Waals surface area contributed by atoms with Crippen molar-refractivity contribution < 1.29 is 4.79 Å². The number of nitrogens with zero attached hydrogens (tertiary/aromatic N) is 1. The molecule has 0 spiro atoms. The highest BCUT2D eigenvalue weighted by Gasteiger charge is 2.07. The van der Waals surface area contributed by atoms with E-state index in [4.69, 9.17) is 0 Å². The second kappa shape index (κ2) is 7.75. The highest BCUT2D eigenvalue weighted by Crippen LogP contribution is 2.15. The molecule has 1 heterocycles. The minimum Gasteiger partial charge on any atom is -0.326 e. The lowest BCUT2D eigenvalue weighted by Crippen LogP contribution is -2.15. The molecule has 0 bridgehead atoms. The summed E-state index contributed by atoms with van der Waals surface area (Å²) in [7, 11) is 0. The molecule has 0 aliphatic heterocycles. The minimum absolute atomic E-state index is 0.00818. The van der Waals surface area contributed by atoms with Crippen molar-refractivity contribution in [2.24, 2.45) is 0 Å². The molecule has 0 atom stereocenters. The predicted molar refractivity (Wildman–Crippen MR) is 102 cm³/mol. The molecule has 126 valence electrons. The van der Waals surface area contributed by atoms with Gasteiger partial charge in [0, 0.05) is 18.1 Å². The number of amides is 1. The van der Waals surface area contributed by atoms with Crippen LogP contribution in [0, 0.1) is 13.8 Å². The maximum absolute atomic E-state index is 12.3. The van der Waals surface area contributed by atoms with Crippen LogP contribution in [0.3, 0.4) is 0 Å². The Kier molecular flexibility index (Phi) is 5.24. The molecule has 0 radical (unpaired) electrons. The van der Waals surface area contributed by atoms with Crippen molar-refractivity contribution in [1.29, 1.82) is 0 Å². The third-order valence-corrected chi connectivity index (χ3v) is 4.24. The van der Waals surface area contributed by atoms with Gasteiger partial charge >= 0.3 is 0 Å². The Balaban J connectivity index is 1.60. The number of hydrogen-bond acceptors (Lipinski definition) is 2. The van der Waals surface area contributed by atoms with E-state index in [1.807, 2.05) is 55.5 Å². The van der Waals surface area contributed by atoms with Gasteiger partial charge in [-0.2, -0.15) is 0 Å². The van der Waals surface area contributed by atoms with Crippen molar-refractivity contribution in [2.45, 2.75) is 26.7 Å². The Bertz CT molecular complexity index is 855. The van der Waals surface area contributed by atoms with Crippen LogP contribution in [0.15, 0.2) is 67.0 Å². The molecule has 3 aromatic rings. The molecule has 3 heteroatoms. The average molecular weight is 330 g/mol. The third-order valence-electron chi connectivity index (χ3n) is 4.24. The molecule has 1 aromatic heterocycles. The van der Waals surface area contributed by atoms with E-state index in [9.17, 15) is 4.79 Å². The van der Waals surface area contributed by atoms with E-state index in [0.29, 0.717) is 6.42 Å². The molecule has 0 aliphatic carbocycles. The van der Waals surface area contributed by atoms with E-state index in [2.05, 4.69) is 23.3 Å². The zero-order chi connectivity index (χ0) is 17.6. The number of carbonyl (C=O) groups excluding carboxylic acids is 1. The number of anilines is 1. The molecule has 25 heavy (non-hydrogen) atoms. The van der Waals surface area contributed by atoms with Crippen LogP contribution in [-0.2, 0) is 17.6 Å². The number of hydrogen-bond donors (Lipinski definition) is 1. The summed E-state index contributed by atoms with van der Waals surface area (Å²) in [5.41, 5.74) is 6.69. The van der Waals surface area contributed by atoms with Crippen LogP contribution in [0.4, 0.5) is 5.69 Å². The van der Waals surface area contributed by atoms with E-state index < -0.39 is 0 Å². The Labute approximate surface area is 148 Å². The van der Waals surface area contributed by atoms with Gasteiger partial charge in [0.1, 0.15) is 0 Å². The van der Waals surface area contributed by atoms with Crippen LogP contribution in [0.2, 0.25) is 0 Å². The average Bonchev–Trinajstić information content (AvgIpc) is 2.60. The van der Waals surface area contributed by atoms with E-state index in [1.165, 1.54) is 16.7 Å². The zero-order valence-corrected chi connectivity index (χ0v) is 14.6. The Hall–Kier alpha value is -2.94. The lowest BCUT2D eigenvalue weighted by atomic mass is 10.0. The first-order chi connectivity index (χ1) is 12.1. The van der Waals surface area contributed by atoms with E-state index in [-0.39, 0.29) is 5.91 Å². The fourth-order valence-electron chi connectivity index (χ4n) is 2.86. The zero-order valence-electron chi connectivity index (χ0n) is 14.6. The van der Waals surface area contributed by atoms with E-state index >= 15 is 0 Å². The largest absolute Gasteiger partial charge is 0.326 e. The second-order valence-electron chi connectivity index (χ2n) is 6.38. The van der Waals surface area contributed by atoms with Crippen LogP contribution in [-0.4, -0.2) is 10.9 Å². The molecular weight excluding hydrogens is 308 g/mol. The summed E-state index contributed by atoms with van der Waals surface area (Å²) >= 11 is 0. The van der Waals surface area contributed by atoms with Gasteiger partial charge in [-0.15, -0.1) is 0 Å². The highest BCUT2D eigenvalue weighted by molar-refractivity contribution is 5.92. The maximum atomic E-state index is 12.3. The van der Waals surface area contributed by atoms with Gasteiger partial charge < -0.3 is 5.32 Å². The monoisotopic (exact) mass is 330 g/mol. The van der Waals surface area contributed by atoms with Gasteiger partial charge in [-0.3, -0.25) is 9.78 Å². The summed E-state index contributed by atoms with van der Waals surface area (Å²) in [6.45, 7) is 4.11. The molecule has 3 rings (SSSR count). The number of benzene rings is 2. The van der Waals surface area contributed by atoms with Crippen molar-refractivity contribution in [3.63, 3.8) is 0 Å². The standard InChI is InChI=1S/C22H22N2O/c1-16-3-6-20(17(2)13-16)15-22(25)24-21-7-4-18(5-8-21)14-19-9-11-23-12-10-19/h3-13H,14-15H2,1-2H3,(H,24,25). The van der Waals surface area contributed by atoms with Gasteiger partial charge in [-0.05, 0) is 66.8 Å². The number of pyridine rings is 1. The number of aromatic nitrogens is 1. The molecule has 1 N–H and O–H groups in total. The van der Waals surface area contributed by atoms with Crippen molar-refractivity contribution in [3.05, 3.63) is 94.8 Å². The van der Waals surface area contributed by atoms with Gasteiger partial charge in [0.2, 0.25) is 5.91 Å². The molecule has 1 amide bonds. The topological polar surface area (TPSA) is 42.0 Å². The van der Waals surface area contributed by atoms with Crippen LogP contribution in [0.5, 0.6) is 0 Å². The first-order valence-corrected chi connectivity index (χ1v) is 8.44. The Morgan fingerprint density at radius 3 is 2.28 bits per heavy atom. The lowest BCUT2D eigenvalue weighted by molar-refractivity contribution is -0.115. The summed E-state index contributed by atoms with van der Waals surface area (Å²) in [6, 6.07) is 18.2. The Morgan fingerprint density at radius 2 is 1.60 bits per heavy atom. The van der Waals surface area contributed by atoms with Crippen LogP contribution in [0.25, 0.3) is 0 Å².